The maximum atomic E-state index is 12.9. The van der Waals surface area contributed by atoms with Crippen LogP contribution in [0.5, 0.6) is 0 Å². The second kappa shape index (κ2) is 10.2. The van der Waals surface area contributed by atoms with Gasteiger partial charge in [0.05, 0.1) is 0 Å². The van der Waals surface area contributed by atoms with Crippen LogP contribution in [0.1, 0.15) is 55.0 Å². The van der Waals surface area contributed by atoms with E-state index in [4.69, 9.17) is 0 Å². The van der Waals surface area contributed by atoms with Crippen LogP contribution in [0.15, 0.2) is 24.3 Å². The fourth-order valence-corrected chi connectivity index (χ4v) is 3.56. The third-order valence-corrected chi connectivity index (χ3v) is 5.20. The molecule has 0 aliphatic heterocycles. The normalized spacial score (nSPS) is 11.8. The first-order chi connectivity index (χ1) is 15.9. The molecular weight excluding hydrogens is 449 g/mol. The van der Waals surface area contributed by atoms with Crippen molar-refractivity contribution in [3.8, 4) is 0 Å². The van der Waals surface area contributed by atoms with Crippen LogP contribution in [0.2, 0.25) is 0 Å². The zero-order valence-corrected chi connectivity index (χ0v) is 19.5. The van der Waals surface area contributed by atoms with Gasteiger partial charge in [0.25, 0.3) is 11.6 Å². The van der Waals surface area contributed by atoms with Gasteiger partial charge in [-0.2, -0.15) is 18.2 Å². The molecule has 34 heavy (non-hydrogen) atoms. The van der Waals surface area contributed by atoms with E-state index in [1.54, 1.807) is 32.0 Å². The largest absolute Gasteiger partial charge is 0.453 e. The molecule has 8 nitrogen and oxygen atoms in total. The van der Waals surface area contributed by atoms with Crippen molar-refractivity contribution < 1.29 is 22.8 Å². The first-order valence-corrected chi connectivity index (χ1v) is 10.9. The number of fused-ring (bicyclic) bond motifs is 1. The number of alkyl halides is 3. The molecule has 0 aliphatic rings. The van der Waals surface area contributed by atoms with Gasteiger partial charge in [-0.25, -0.2) is 9.50 Å². The monoisotopic (exact) mass is 476 g/mol. The summed E-state index contributed by atoms with van der Waals surface area (Å²) in [5, 5.41) is 9.19. The van der Waals surface area contributed by atoms with Crippen LogP contribution < -0.4 is 10.6 Å². The van der Waals surface area contributed by atoms with E-state index in [1.165, 1.54) is 0 Å². The fourth-order valence-electron chi connectivity index (χ4n) is 3.56. The number of aryl methyl sites for hydroxylation is 2. The van der Waals surface area contributed by atoms with Gasteiger partial charge in [0.15, 0.2) is 0 Å². The summed E-state index contributed by atoms with van der Waals surface area (Å²) in [4.78, 5) is 31.9. The van der Waals surface area contributed by atoms with Crippen molar-refractivity contribution in [1.82, 2.24) is 24.9 Å². The first-order valence-electron chi connectivity index (χ1n) is 10.9. The number of nitrogens with one attached hydrogen (secondary N) is 2. The predicted octanol–water partition coefficient (Wildman–Crippen LogP) is 3.99. The van der Waals surface area contributed by atoms with Crippen LogP contribution >= 0.6 is 0 Å². The average Bonchev–Trinajstić information content (AvgIpc) is 3.16. The van der Waals surface area contributed by atoms with Crippen molar-refractivity contribution in [2.75, 3.05) is 5.32 Å². The molecule has 0 aliphatic carbocycles. The molecule has 0 radical (unpaired) electrons. The van der Waals surface area contributed by atoms with E-state index < -0.39 is 12.0 Å². The molecule has 0 fully saturated rings. The molecule has 2 N–H and O–H groups in total. The summed E-state index contributed by atoms with van der Waals surface area (Å²) >= 11 is 0. The predicted molar refractivity (Wildman–Crippen MR) is 120 cm³/mol. The topological polar surface area (TPSA) is 101 Å². The van der Waals surface area contributed by atoms with Gasteiger partial charge in [0, 0.05) is 36.5 Å². The number of rotatable bonds is 8. The molecule has 0 unspecified atom stereocenters. The molecule has 3 rings (SSSR count). The third kappa shape index (κ3) is 6.30. The van der Waals surface area contributed by atoms with Gasteiger partial charge in [-0.3, -0.25) is 9.59 Å². The Bertz CT molecular complexity index is 1200. The maximum Gasteiger partial charge on any atom is 0.453 e. The Morgan fingerprint density at radius 2 is 1.85 bits per heavy atom. The number of aromatic nitrogens is 4. The van der Waals surface area contributed by atoms with E-state index in [9.17, 15) is 22.8 Å². The number of halogens is 3. The lowest BCUT2D eigenvalue weighted by molar-refractivity contribution is -0.144. The summed E-state index contributed by atoms with van der Waals surface area (Å²) in [5.74, 6) is -1.41. The number of amides is 2. The number of carbonyl (C=O) groups excluding carboxylic acids is 2. The Kier molecular flexibility index (Phi) is 7.53. The minimum absolute atomic E-state index is 0.0674. The molecule has 2 amide bonds. The number of anilines is 1. The summed E-state index contributed by atoms with van der Waals surface area (Å²) in [7, 11) is 0. The summed E-state index contributed by atoms with van der Waals surface area (Å²) in [5.41, 5.74) is 3.10. The van der Waals surface area contributed by atoms with Gasteiger partial charge < -0.3 is 10.6 Å². The molecule has 182 valence electrons. The van der Waals surface area contributed by atoms with E-state index in [0.717, 1.165) is 10.1 Å². The molecule has 11 heteroatoms. The smallest absolute Gasteiger partial charge is 0.352 e. The highest BCUT2D eigenvalue weighted by atomic mass is 19.4. The molecule has 0 spiro atoms. The van der Waals surface area contributed by atoms with Gasteiger partial charge in [-0.15, -0.1) is 5.10 Å². The Morgan fingerprint density at radius 3 is 2.53 bits per heavy atom. The molecule has 0 bridgehead atoms. The van der Waals surface area contributed by atoms with Crippen molar-refractivity contribution in [1.29, 1.82) is 0 Å². The standard InChI is InChI=1S/C23H27F3N6O2/c1-13(2)10-20(34)29-17-7-5-6-16(11-17)12-27-19(33)9-8-18-14(3)28-22-30-21(23(24,25)26)31-32(22)15(18)4/h5-7,11,13H,8-10,12H2,1-4H3,(H,27,33)(H,29,34). The van der Waals surface area contributed by atoms with Crippen molar-refractivity contribution in [2.45, 2.75) is 59.7 Å². The lowest BCUT2D eigenvalue weighted by atomic mass is 10.1. The van der Waals surface area contributed by atoms with Crippen LogP contribution in [0.25, 0.3) is 5.78 Å². The van der Waals surface area contributed by atoms with E-state index in [1.807, 2.05) is 19.9 Å². The maximum absolute atomic E-state index is 12.9. The summed E-state index contributed by atoms with van der Waals surface area (Å²) in [6, 6.07) is 7.22. The Labute approximate surface area is 195 Å². The third-order valence-electron chi connectivity index (χ3n) is 5.20. The molecule has 1 aromatic carbocycles. The van der Waals surface area contributed by atoms with Crippen LogP contribution in [0.4, 0.5) is 18.9 Å². The number of carbonyl (C=O) groups is 2. The highest BCUT2D eigenvalue weighted by molar-refractivity contribution is 5.90. The minimum Gasteiger partial charge on any atom is -0.352 e. The van der Waals surface area contributed by atoms with Crippen molar-refractivity contribution in [3.05, 3.63) is 52.6 Å². The van der Waals surface area contributed by atoms with Gasteiger partial charge in [0.2, 0.25) is 11.8 Å². The molecule has 0 saturated carbocycles. The Morgan fingerprint density at radius 1 is 1.12 bits per heavy atom. The fraction of sp³-hybridized carbons (Fsp3) is 0.435. The summed E-state index contributed by atoms with van der Waals surface area (Å²) in [6.45, 7) is 7.51. The quantitative estimate of drug-likeness (QED) is 0.512. The molecular formula is C23H27F3N6O2. The van der Waals surface area contributed by atoms with E-state index in [2.05, 4.69) is 25.7 Å². The molecule has 0 atom stereocenters. The summed E-state index contributed by atoms with van der Waals surface area (Å²) in [6.07, 6.45) is -3.82. The number of hydrogen-bond acceptors (Lipinski definition) is 5. The van der Waals surface area contributed by atoms with Gasteiger partial charge in [-0.1, -0.05) is 26.0 Å². The number of nitrogens with zero attached hydrogens (tertiary/aromatic N) is 4. The van der Waals surface area contributed by atoms with E-state index in [-0.39, 0.29) is 36.5 Å². The van der Waals surface area contributed by atoms with E-state index >= 15 is 0 Å². The zero-order valence-electron chi connectivity index (χ0n) is 19.5. The van der Waals surface area contributed by atoms with Gasteiger partial charge >= 0.3 is 6.18 Å². The lowest BCUT2D eigenvalue weighted by Gasteiger charge is -2.11. The van der Waals surface area contributed by atoms with Crippen LogP contribution in [-0.4, -0.2) is 31.4 Å². The zero-order chi connectivity index (χ0) is 25.0. The Hall–Kier alpha value is -3.50. The SMILES string of the molecule is Cc1nc2nc(C(F)(F)F)nn2c(C)c1CCC(=O)NCc1cccc(NC(=O)CC(C)C)c1. The van der Waals surface area contributed by atoms with E-state index in [0.29, 0.717) is 35.5 Å². The van der Waals surface area contributed by atoms with Crippen molar-refractivity contribution in [3.63, 3.8) is 0 Å². The number of hydrogen-bond donors (Lipinski definition) is 2. The molecule has 0 saturated heterocycles. The lowest BCUT2D eigenvalue weighted by Crippen LogP contribution is -2.23. The molecule has 2 heterocycles. The second-order valence-electron chi connectivity index (χ2n) is 8.53. The van der Waals surface area contributed by atoms with Crippen molar-refractivity contribution >= 4 is 23.3 Å². The van der Waals surface area contributed by atoms with Crippen LogP contribution in [-0.2, 0) is 28.7 Å². The summed E-state index contributed by atoms with van der Waals surface area (Å²) < 4.78 is 39.9. The number of benzene rings is 1. The van der Waals surface area contributed by atoms with Crippen LogP contribution in [0.3, 0.4) is 0 Å². The van der Waals surface area contributed by atoms with Crippen LogP contribution in [0, 0.1) is 19.8 Å². The Balaban J connectivity index is 1.60. The second-order valence-corrected chi connectivity index (χ2v) is 8.53. The highest BCUT2D eigenvalue weighted by Crippen LogP contribution is 2.27. The molecule has 2 aromatic heterocycles. The minimum atomic E-state index is -4.66. The first kappa shape index (κ1) is 25.1. The highest BCUT2D eigenvalue weighted by Gasteiger charge is 2.37. The van der Waals surface area contributed by atoms with Crippen molar-refractivity contribution in [2.24, 2.45) is 5.92 Å². The molecule has 3 aromatic rings. The van der Waals surface area contributed by atoms with Gasteiger partial charge in [0.1, 0.15) is 0 Å². The van der Waals surface area contributed by atoms with Gasteiger partial charge in [-0.05, 0) is 49.4 Å². The average molecular weight is 477 g/mol.